The smallest absolute Gasteiger partial charge is 0.255 e. The molecule has 3 aromatic carbocycles. The number of carbonyl (C=O) groups excluding carboxylic acids is 2. The molecule has 1 fully saturated rings. The molecule has 1 aliphatic carbocycles. The monoisotopic (exact) mass is 411 g/mol. The van der Waals surface area contributed by atoms with Crippen LogP contribution < -0.4 is 5.32 Å². The van der Waals surface area contributed by atoms with Crippen molar-refractivity contribution >= 4 is 17.4 Å². The predicted octanol–water partition coefficient (Wildman–Crippen LogP) is 3.90. The SMILES string of the molecule is CN1CCN(Cc2cccc(NC(=O)c3ccc4c(c3)C(=O)c3ccccc3-4)c2)CC1. The van der Waals surface area contributed by atoms with Gasteiger partial charge in [0.2, 0.25) is 0 Å². The van der Waals surface area contributed by atoms with Crippen LogP contribution in [0, 0.1) is 0 Å². The van der Waals surface area contributed by atoms with Gasteiger partial charge in [0, 0.05) is 55.1 Å². The molecule has 1 amide bonds. The molecule has 5 nitrogen and oxygen atoms in total. The van der Waals surface area contributed by atoms with Crippen LogP contribution in [0.25, 0.3) is 11.1 Å². The number of benzene rings is 3. The molecule has 31 heavy (non-hydrogen) atoms. The number of carbonyl (C=O) groups is 2. The van der Waals surface area contributed by atoms with Crippen LogP contribution in [-0.2, 0) is 6.54 Å². The van der Waals surface area contributed by atoms with Crippen LogP contribution >= 0.6 is 0 Å². The molecule has 2 aliphatic rings. The minimum Gasteiger partial charge on any atom is -0.322 e. The van der Waals surface area contributed by atoms with Crippen molar-refractivity contribution in [3.05, 3.63) is 89.0 Å². The minimum absolute atomic E-state index is 0.0191. The van der Waals surface area contributed by atoms with Crippen LogP contribution in [0.5, 0.6) is 0 Å². The van der Waals surface area contributed by atoms with E-state index in [1.54, 1.807) is 12.1 Å². The maximum absolute atomic E-state index is 12.9. The number of nitrogens with zero attached hydrogens (tertiary/aromatic N) is 2. The van der Waals surface area contributed by atoms with E-state index in [0.29, 0.717) is 16.7 Å². The molecule has 0 spiro atoms. The summed E-state index contributed by atoms with van der Waals surface area (Å²) in [5.41, 5.74) is 5.57. The average Bonchev–Trinajstić information content (AvgIpc) is 3.07. The van der Waals surface area contributed by atoms with Crippen molar-refractivity contribution in [1.82, 2.24) is 9.80 Å². The van der Waals surface area contributed by atoms with Gasteiger partial charge < -0.3 is 10.2 Å². The molecule has 1 N–H and O–H groups in total. The van der Waals surface area contributed by atoms with E-state index < -0.39 is 0 Å². The summed E-state index contributed by atoms with van der Waals surface area (Å²) in [6, 6.07) is 21.0. The molecule has 1 heterocycles. The van der Waals surface area contributed by atoms with E-state index in [9.17, 15) is 9.59 Å². The first kappa shape index (κ1) is 19.7. The van der Waals surface area contributed by atoms with Gasteiger partial charge in [-0.1, -0.05) is 42.5 Å². The standard InChI is InChI=1S/C26H25N3O2/c1-28-11-13-29(14-12-28)17-18-5-4-6-20(15-18)27-26(31)19-9-10-22-21-7-2-3-8-23(21)25(30)24(22)16-19/h2-10,15-16H,11-14,17H2,1H3,(H,27,31). The molecule has 5 rings (SSSR count). The third-order valence-corrected chi connectivity index (χ3v) is 6.18. The van der Waals surface area contributed by atoms with E-state index in [2.05, 4.69) is 28.2 Å². The number of anilines is 1. The zero-order valence-corrected chi connectivity index (χ0v) is 17.6. The molecular formula is C26H25N3O2. The van der Waals surface area contributed by atoms with Crippen molar-refractivity contribution in [2.45, 2.75) is 6.54 Å². The summed E-state index contributed by atoms with van der Waals surface area (Å²) in [6.45, 7) is 5.15. The van der Waals surface area contributed by atoms with E-state index in [0.717, 1.165) is 49.5 Å². The molecule has 0 unspecified atom stereocenters. The minimum atomic E-state index is -0.205. The third-order valence-electron chi connectivity index (χ3n) is 6.18. The van der Waals surface area contributed by atoms with E-state index in [-0.39, 0.29) is 11.7 Å². The van der Waals surface area contributed by atoms with E-state index in [1.165, 1.54) is 5.56 Å². The topological polar surface area (TPSA) is 52.6 Å². The van der Waals surface area contributed by atoms with Gasteiger partial charge in [0.05, 0.1) is 0 Å². The number of piperazine rings is 1. The molecule has 0 saturated carbocycles. The molecule has 0 aromatic heterocycles. The van der Waals surface area contributed by atoms with Crippen LogP contribution in [0.3, 0.4) is 0 Å². The van der Waals surface area contributed by atoms with Gasteiger partial charge >= 0.3 is 0 Å². The number of amides is 1. The van der Waals surface area contributed by atoms with Gasteiger partial charge in [-0.3, -0.25) is 14.5 Å². The highest BCUT2D eigenvalue weighted by Gasteiger charge is 2.27. The molecule has 3 aromatic rings. The lowest BCUT2D eigenvalue weighted by Crippen LogP contribution is -2.43. The van der Waals surface area contributed by atoms with Crippen LogP contribution in [-0.4, -0.2) is 54.7 Å². The number of likely N-dealkylation sites (N-methyl/N-ethyl adjacent to an activating group) is 1. The quantitative estimate of drug-likeness (QED) is 0.553. The van der Waals surface area contributed by atoms with Crippen molar-refractivity contribution < 1.29 is 9.59 Å². The summed E-state index contributed by atoms with van der Waals surface area (Å²) < 4.78 is 0. The Kier molecular flexibility index (Phi) is 5.14. The largest absolute Gasteiger partial charge is 0.322 e. The molecular weight excluding hydrogens is 386 g/mol. The highest BCUT2D eigenvalue weighted by atomic mass is 16.1. The van der Waals surface area contributed by atoms with Gasteiger partial charge in [-0.2, -0.15) is 0 Å². The first-order valence-corrected chi connectivity index (χ1v) is 10.7. The third kappa shape index (κ3) is 3.90. The molecule has 1 aliphatic heterocycles. The number of hydrogen-bond donors (Lipinski definition) is 1. The summed E-state index contributed by atoms with van der Waals surface area (Å²) in [6.07, 6.45) is 0. The average molecular weight is 412 g/mol. The predicted molar refractivity (Wildman–Crippen MR) is 122 cm³/mol. The zero-order chi connectivity index (χ0) is 21.4. The van der Waals surface area contributed by atoms with Gasteiger partial charge in [0.1, 0.15) is 0 Å². The van der Waals surface area contributed by atoms with Crippen molar-refractivity contribution in [1.29, 1.82) is 0 Å². The molecule has 5 heteroatoms. The Morgan fingerprint density at radius 1 is 0.839 bits per heavy atom. The number of fused-ring (bicyclic) bond motifs is 3. The van der Waals surface area contributed by atoms with Gasteiger partial charge in [-0.15, -0.1) is 0 Å². The first-order valence-electron chi connectivity index (χ1n) is 10.7. The summed E-state index contributed by atoms with van der Waals surface area (Å²) in [4.78, 5) is 30.4. The van der Waals surface area contributed by atoms with E-state index in [1.807, 2.05) is 48.5 Å². The number of rotatable bonds is 4. The molecule has 156 valence electrons. The normalized spacial score (nSPS) is 16.1. The Balaban J connectivity index is 1.31. The van der Waals surface area contributed by atoms with Gasteiger partial charge in [-0.25, -0.2) is 0 Å². The molecule has 0 radical (unpaired) electrons. The second-order valence-electron chi connectivity index (χ2n) is 8.37. The van der Waals surface area contributed by atoms with Crippen molar-refractivity contribution in [3.8, 4) is 11.1 Å². The van der Waals surface area contributed by atoms with Crippen molar-refractivity contribution in [2.24, 2.45) is 0 Å². The van der Waals surface area contributed by atoms with Crippen LogP contribution in [0.4, 0.5) is 5.69 Å². The maximum Gasteiger partial charge on any atom is 0.255 e. The van der Waals surface area contributed by atoms with Crippen LogP contribution in [0.2, 0.25) is 0 Å². The molecule has 0 atom stereocenters. The summed E-state index contributed by atoms with van der Waals surface area (Å²) in [7, 11) is 2.15. The zero-order valence-electron chi connectivity index (χ0n) is 17.6. The summed E-state index contributed by atoms with van der Waals surface area (Å²) in [5, 5.41) is 2.99. The fourth-order valence-electron chi connectivity index (χ4n) is 4.38. The summed E-state index contributed by atoms with van der Waals surface area (Å²) >= 11 is 0. The van der Waals surface area contributed by atoms with Crippen LogP contribution in [0.1, 0.15) is 31.8 Å². The Hall–Kier alpha value is -3.28. The molecule has 1 saturated heterocycles. The van der Waals surface area contributed by atoms with E-state index >= 15 is 0 Å². The fourth-order valence-corrected chi connectivity index (χ4v) is 4.38. The second-order valence-corrected chi connectivity index (χ2v) is 8.37. The Bertz CT molecular complexity index is 1160. The second kappa shape index (κ2) is 8.10. The van der Waals surface area contributed by atoms with Gasteiger partial charge in [0.25, 0.3) is 5.91 Å². The fraction of sp³-hybridized carbons (Fsp3) is 0.231. The Labute approximate surface area is 182 Å². The van der Waals surface area contributed by atoms with Crippen molar-refractivity contribution in [2.75, 3.05) is 38.5 Å². The van der Waals surface area contributed by atoms with Crippen LogP contribution in [0.15, 0.2) is 66.7 Å². The maximum atomic E-state index is 12.9. The number of nitrogens with one attached hydrogen (secondary N) is 1. The highest BCUT2D eigenvalue weighted by Crippen LogP contribution is 2.36. The lowest BCUT2D eigenvalue weighted by Gasteiger charge is -2.32. The van der Waals surface area contributed by atoms with Gasteiger partial charge in [-0.05, 0) is 48.0 Å². The first-order chi connectivity index (χ1) is 15.1. The molecule has 0 bridgehead atoms. The highest BCUT2D eigenvalue weighted by molar-refractivity contribution is 6.22. The van der Waals surface area contributed by atoms with Gasteiger partial charge in [0.15, 0.2) is 5.78 Å². The van der Waals surface area contributed by atoms with E-state index in [4.69, 9.17) is 0 Å². The van der Waals surface area contributed by atoms with Crippen molar-refractivity contribution in [3.63, 3.8) is 0 Å². The lowest BCUT2D eigenvalue weighted by atomic mass is 10.0. The Morgan fingerprint density at radius 3 is 2.39 bits per heavy atom. The number of hydrogen-bond acceptors (Lipinski definition) is 4. The summed E-state index contributed by atoms with van der Waals surface area (Å²) in [5.74, 6) is -0.224. The Morgan fingerprint density at radius 2 is 1.58 bits per heavy atom. The number of ketones is 1. The lowest BCUT2D eigenvalue weighted by molar-refractivity contribution is 0.102.